The van der Waals surface area contributed by atoms with E-state index in [1.54, 1.807) is 47.1 Å². The largest absolute Gasteiger partial charge is 0.491 e. The molecule has 1 aromatic heterocycles. The van der Waals surface area contributed by atoms with Crippen molar-refractivity contribution in [2.45, 2.75) is 155 Å². The zero-order valence-electron chi connectivity index (χ0n) is 46.3. The van der Waals surface area contributed by atoms with Crippen molar-refractivity contribution >= 4 is 40.9 Å². The standard InChI is InChI=1S/C56H83FN6O13S/c1-37-49(77-36-60-37)41-15-16-42(32-59-33-46(65)45-31-43(64)34-63(45)51(67)50(54(3,4)5)62-52(68)56(57)19-20-56)47(30-41)74-29-28-73-27-26-72-25-24-71-23-22-70-21-9-10-39-11-13-40(14-12-39)35-75-38(2)44(17-18-48(58)66)61-53(69)76-55(6,7)8/h11-16,30,36,38,43-45,50,59,64H,9-10,17-29,31-35H2,1-8H3,(H2,58,66)(H,61,69)(H,62,68)/t38-,43-,44+,45?,50-/m1/s1. The molecule has 19 nitrogen and oxygen atoms in total. The van der Waals surface area contributed by atoms with Crippen LogP contribution >= 0.6 is 11.3 Å². The summed E-state index contributed by atoms with van der Waals surface area (Å²) in [6.07, 6.45) is 0.547. The number of nitrogens with zero attached hydrogens (tertiary/aromatic N) is 2. The molecule has 5 atom stereocenters. The Balaban J connectivity index is 0.931. The highest BCUT2D eigenvalue weighted by molar-refractivity contribution is 7.13. The number of aliphatic hydroxyl groups is 1. The average molecular weight is 1100 g/mol. The van der Waals surface area contributed by atoms with Gasteiger partial charge in [0.2, 0.25) is 11.8 Å². The summed E-state index contributed by atoms with van der Waals surface area (Å²) >= 11 is 1.53. The van der Waals surface area contributed by atoms with Crippen LogP contribution in [0.15, 0.2) is 48.0 Å². The lowest BCUT2D eigenvalue weighted by molar-refractivity contribution is -0.144. The third kappa shape index (κ3) is 21.6. The lowest BCUT2D eigenvalue weighted by atomic mass is 9.85. The Hall–Kier alpha value is -5.13. The minimum absolute atomic E-state index is 0.0589. The summed E-state index contributed by atoms with van der Waals surface area (Å²) in [7, 11) is 0. The van der Waals surface area contributed by atoms with Crippen molar-refractivity contribution in [3.63, 3.8) is 0 Å². The number of aliphatic hydroxyl groups excluding tert-OH is 1. The molecule has 1 aliphatic carbocycles. The minimum atomic E-state index is -1.97. The quantitative estimate of drug-likeness (QED) is 0.0436. The fraction of sp³-hybridized carbons (Fsp3) is 0.643. The summed E-state index contributed by atoms with van der Waals surface area (Å²) in [5.41, 5.74) is 8.54. The molecule has 6 N–H and O–H groups in total. The normalized spacial score (nSPS) is 17.4. The van der Waals surface area contributed by atoms with Gasteiger partial charge >= 0.3 is 6.09 Å². The fourth-order valence-electron chi connectivity index (χ4n) is 8.45. The minimum Gasteiger partial charge on any atom is -0.491 e. The van der Waals surface area contributed by atoms with Gasteiger partial charge in [-0.1, -0.05) is 57.2 Å². The smallest absolute Gasteiger partial charge is 0.407 e. The third-order valence-corrected chi connectivity index (χ3v) is 13.9. The molecule has 4 amide bonds. The van der Waals surface area contributed by atoms with Gasteiger partial charge in [0.05, 0.1) is 99.8 Å². The maximum Gasteiger partial charge on any atom is 0.407 e. The van der Waals surface area contributed by atoms with Crippen LogP contribution in [-0.2, 0) is 67.2 Å². The van der Waals surface area contributed by atoms with Crippen molar-refractivity contribution in [1.82, 2.24) is 25.8 Å². The lowest BCUT2D eigenvalue weighted by Crippen LogP contribution is -2.58. The number of amides is 4. The van der Waals surface area contributed by atoms with Crippen LogP contribution in [0.25, 0.3) is 10.4 Å². The highest BCUT2D eigenvalue weighted by Crippen LogP contribution is 2.40. The van der Waals surface area contributed by atoms with E-state index in [1.165, 1.54) is 21.8 Å². The van der Waals surface area contributed by atoms with E-state index >= 15 is 0 Å². The summed E-state index contributed by atoms with van der Waals surface area (Å²) in [6, 6.07) is 11.6. The van der Waals surface area contributed by atoms with Crippen LogP contribution in [0.3, 0.4) is 0 Å². The number of carbonyl (C=O) groups excluding carboxylic acids is 5. The first-order chi connectivity index (χ1) is 36.5. The van der Waals surface area contributed by atoms with Crippen LogP contribution in [0.4, 0.5) is 9.18 Å². The van der Waals surface area contributed by atoms with Crippen molar-refractivity contribution in [3.05, 3.63) is 70.4 Å². The topological polar surface area (TPSA) is 248 Å². The molecule has 0 spiro atoms. The van der Waals surface area contributed by atoms with Crippen LogP contribution in [-0.4, -0.2) is 159 Å². The first-order valence-corrected chi connectivity index (χ1v) is 27.6. The summed E-state index contributed by atoms with van der Waals surface area (Å²) in [6.45, 7) is 18.5. The number of likely N-dealkylation sites (tertiary alicyclic amines) is 1. The van der Waals surface area contributed by atoms with Crippen molar-refractivity contribution in [3.8, 4) is 16.2 Å². The van der Waals surface area contributed by atoms with E-state index in [2.05, 4.69) is 33.1 Å². The number of alkyl carbamates (subject to hydrolysis) is 1. The van der Waals surface area contributed by atoms with E-state index in [4.69, 9.17) is 38.9 Å². The first-order valence-electron chi connectivity index (χ1n) is 26.7. The summed E-state index contributed by atoms with van der Waals surface area (Å²) in [4.78, 5) is 70.7. The molecular weight excluding hydrogens is 1020 g/mol. The number of hydrogen-bond donors (Lipinski definition) is 5. The van der Waals surface area contributed by atoms with Crippen LogP contribution in [0.1, 0.15) is 109 Å². The predicted molar refractivity (Wildman–Crippen MR) is 289 cm³/mol. The van der Waals surface area contributed by atoms with Gasteiger partial charge in [0.25, 0.3) is 5.91 Å². The number of halogens is 1. The van der Waals surface area contributed by atoms with Gasteiger partial charge in [0, 0.05) is 38.1 Å². The number of rotatable bonds is 34. The number of thiazole rings is 1. The number of hydrogen-bond acceptors (Lipinski definition) is 16. The molecule has 1 unspecified atom stereocenters. The van der Waals surface area contributed by atoms with E-state index in [-0.39, 0.29) is 63.8 Å². The van der Waals surface area contributed by atoms with E-state index in [1.807, 2.05) is 44.2 Å². The van der Waals surface area contributed by atoms with E-state index < -0.39 is 64.7 Å². The molecule has 77 heavy (non-hydrogen) atoms. The summed E-state index contributed by atoms with van der Waals surface area (Å²) in [5.74, 6) is -1.49. The van der Waals surface area contributed by atoms with Crippen molar-refractivity contribution in [2.24, 2.45) is 11.1 Å². The molecule has 2 heterocycles. The van der Waals surface area contributed by atoms with Crippen molar-refractivity contribution in [1.29, 1.82) is 0 Å². The molecule has 2 aromatic carbocycles. The van der Waals surface area contributed by atoms with E-state index in [0.29, 0.717) is 71.6 Å². The van der Waals surface area contributed by atoms with Gasteiger partial charge in [-0.15, -0.1) is 11.3 Å². The summed E-state index contributed by atoms with van der Waals surface area (Å²) in [5, 5.41) is 19.2. The number of ether oxygens (including phenoxy) is 7. The molecule has 21 heteroatoms. The number of nitrogens with one attached hydrogen (secondary N) is 3. The lowest BCUT2D eigenvalue weighted by Gasteiger charge is -2.35. The van der Waals surface area contributed by atoms with E-state index in [0.717, 1.165) is 40.1 Å². The van der Waals surface area contributed by atoms with Crippen LogP contribution in [0.2, 0.25) is 0 Å². The number of ketones is 1. The third-order valence-electron chi connectivity index (χ3n) is 13.0. The zero-order valence-corrected chi connectivity index (χ0v) is 47.1. The Morgan fingerprint density at radius 1 is 0.883 bits per heavy atom. The second kappa shape index (κ2) is 30.3. The second-order valence-electron chi connectivity index (χ2n) is 21.8. The number of carbonyl (C=O) groups is 5. The molecule has 1 saturated carbocycles. The first kappa shape index (κ1) is 62.7. The highest BCUT2D eigenvalue weighted by Gasteiger charge is 2.53. The molecule has 1 saturated heterocycles. The maximum absolute atomic E-state index is 14.6. The zero-order chi connectivity index (χ0) is 56.2. The van der Waals surface area contributed by atoms with Gasteiger partial charge < -0.3 is 64.8 Å². The fourth-order valence-corrected chi connectivity index (χ4v) is 9.25. The Morgan fingerprint density at radius 2 is 1.51 bits per heavy atom. The predicted octanol–water partition coefficient (Wildman–Crippen LogP) is 5.91. The molecule has 3 aromatic rings. The van der Waals surface area contributed by atoms with Gasteiger partial charge in [-0.3, -0.25) is 19.2 Å². The molecule has 0 radical (unpaired) electrons. The number of aromatic nitrogens is 1. The SMILES string of the molecule is Cc1ncsc1-c1ccc(CNCC(=O)C2C[C@@H](O)CN2C(=O)[C@@H](NC(=O)C2(F)CC2)C(C)(C)C)c(OCCOCCOCCOCCOCCCc2ccc(CO[C@H](C)[C@H](CCC(N)=O)NC(=O)OC(C)(C)C)cc2)c1. The van der Waals surface area contributed by atoms with Gasteiger partial charge in [-0.25, -0.2) is 14.2 Å². The van der Waals surface area contributed by atoms with Gasteiger partial charge in [-0.05, 0) is 94.9 Å². The molecular formula is C56H83FN6O13S. The average Bonchev–Trinajstić information content (AvgIpc) is 3.79. The van der Waals surface area contributed by atoms with Crippen LogP contribution in [0, 0.1) is 12.3 Å². The van der Waals surface area contributed by atoms with Crippen molar-refractivity contribution < 1.29 is 66.6 Å². The number of aryl methyl sites for hydroxylation is 2. The van der Waals surface area contributed by atoms with Crippen LogP contribution in [0.5, 0.6) is 5.75 Å². The molecule has 5 rings (SSSR count). The Kier molecular flexibility index (Phi) is 24.7. The molecule has 0 bridgehead atoms. The Labute approximate surface area is 457 Å². The van der Waals surface area contributed by atoms with Gasteiger partial charge in [-0.2, -0.15) is 0 Å². The monoisotopic (exact) mass is 1100 g/mol. The molecule has 428 valence electrons. The molecule has 1 aliphatic heterocycles. The number of primary amides is 1. The van der Waals surface area contributed by atoms with Gasteiger partial charge in [0.15, 0.2) is 11.5 Å². The number of alkyl halides is 1. The highest BCUT2D eigenvalue weighted by atomic mass is 32.1. The van der Waals surface area contributed by atoms with Crippen LogP contribution < -0.4 is 26.4 Å². The van der Waals surface area contributed by atoms with E-state index in [9.17, 15) is 33.5 Å². The molecule has 2 aliphatic rings. The van der Waals surface area contributed by atoms with Gasteiger partial charge in [0.1, 0.15) is 24.0 Å². The number of benzene rings is 2. The Morgan fingerprint density at radius 3 is 2.09 bits per heavy atom. The number of β-amino-alcohol motifs (C(OH)–C–C–N with tert-alkyl or cyclic N) is 1. The Bertz CT molecular complexity index is 2350. The molecule has 2 fully saturated rings. The maximum atomic E-state index is 14.6. The second-order valence-corrected chi connectivity index (χ2v) is 22.6. The van der Waals surface area contributed by atoms with Crippen molar-refractivity contribution in [2.75, 3.05) is 72.6 Å². The number of nitrogens with two attached hydrogens (primary N) is 1. The number of Topliss-reactive ketones (excluding diaryl/α,β-unsaturated/α-hetero) is 1. The summed E-state index contributed by atoms with van der Waals surface area (Å²) < 4.78 is 55.1.